The average Bonchev–Trinajstić information content (AvgIpc) is 2.69. The molecule has 0 saturated heterocycles. The summed E-state index contributed by atoms with van der Waals surface area (Å²) in [6, 6.07) is 6.00. The molecule has 5 nitrogen and oxygen atoms in total. The molecule has 0 unspecified atom stereocenters. The maximum absolute atomic E-state index is 13.5. The Morgan fingerprint density at radius 3 is 2.76 bits per heavy atom. The molecular weight excluding hydrogens is 369 g/mol. The van der Waals surface area contributed by atoms with Gasteiger partial charge in [0.1, 0.15) is 5.83 Å². The first-order chi connectivity index (χ1) is 14.0. The van der Waals surface area contributed by atoms with Crippen molar-refractivity contribution < 1.29 is 14.3 Å². The van der Waals surface area contributed by atoms with E-state index in [1.807, 2.05) is 18.2 Å². The lowest BCUT2D eigenvalue weighted by atomic mass is 10.1. The fraction of sp³-hybridized carbons (Fsp3) is 0.348. The smallest absolute Gasteiger partial charge is 0.303 e. The number of benzene rings is 1. The van der Waals surface area contributed by atoms with E-state index in [9.17, 15) is 9.18 Å². The molecule has 0 aliphatic heterocycles. The molecule has 0 fully saturated rings. The Hall–Kier alpha value is -2.86. The van der Waals surface area contributed by atoms with Crippen LogP contribution >= 0.6 is 0 Å². The van der Waals surface area contributed by atoms with Crippen molar-refractivity contribution >= 4 is 17.0 Å². The number of fused-ring (bicyclic) bond motifs is 1. The predicted octanol–water partition coefficient (Wildman–Crippen LogP) is 4.67. The first kappa shape index (κ1) is 22.4. The molecular formula is C23H28FN3O2. The number of aromatic nitrogens is 2. The number of rotatable bonds is 12. The van der Waals surface area contributed by atoms with Crippen LogP contribution in [0.2, 0.25) is 0 Å². The molecule has 0 aliphatic carbocycles. The van der Waals surface area contributed by atoms with Crippen LogP contribution in [-0.4, -0.2) is 27.6 Å². The van der Waals surface area contributed by atoms with Crippen molar-refractivity contribution in [2.45, 2.75) is 45.6 Å². The minimum absolute atomic E-state index is 0.140. The molecule has 6 heteroatoms. The molecule has 0 bridgehead atoms. The Morgan fingerprint density at radius 1 is 1.24 bits per heavy atom. The molecule has 0 radical (unpaired) electrons. The lowest BCUT2D eigenvalue weighted by molar-refractivity contribution is -0.137. The Balaban J connectivity index is 2.26. The number of unbranched alkanes of at least 4 members (excludes halogenated alkanes) is 1. The zero-order valence-electron chi connectivity index (χ0n) is 16.8. The van der Waals surface area contributed by atoms with Crippen molar-refractivity contribution in [3.05, 3.63) is 71.9 Å². The number of aliphatic carboxylic acids is 1. The Kier molecular flexibility index (Phi) is 9.18. The van der Waals surface area contributed by atoms with Crippen LogP contribution in [0.5, 0.6) is 0 Å². The SMILES string of the molecule is C=C/C=C(F)\C=C/Cc1nc2ccc(CNCC)cc2nc1CCCCC(=O)O. The van der Waals surface area contributed by atoms with E-state index >= 15 is 0 Å². The lowest BCUT2D eigenvalue weighted by Gasteiger charge is -2.10. The number of hydrogen-bond acceptors (Lipinski definition) is 4. The molecule has 1 aromatic carbocycles. The Morgan fingerprint density at radius 2 is 2.03 bits per heavy atom. The van der Waals surface area contributed by atoms with Crippen molar-refractivity contribution in [3.63, 3.8) is 0 Å². The van der Waals surface area contributed by atoms with Gasteiger partial charge in [-0.25, -0.2) is 14.4 Å². The number of hydrogen-bond donors (Lipinski definition) is 2. The zero-order valence-corrected chi connectivity index (χ0v) is 16.8. The van der Waals surface area contributed by atoms with E-state index in [2.05, 4.69) is 18.8 Å². The van der Waals surface area contributed by atoms with Crippen LogP contribution in [0.1, 0.15) is 43.1 Å². The number of carbonyl (C=O) groups is 1. The van der Waals surface area contributed by atoms with Gasteiger partial charge >= 0.3 is 5.97 Å². The van der Waals surface area contributed by atoms with Crippen molar-refractivity contribution in [3.8, 4) is 0 Å². The molecule has 1 heterocycles. The van der Waals surface area contributed by atoms with Crippen LogP contribution in [0.25, 0.3) is 11.0 Å². The number of allylic oxidation sites excluding steroid dienone is 5. The van der Waals surface area contributed by atoms with E-state index < -0.39 is 5.97 Å². The Labute approximate surface area is 171 Å². The molecule has 0 amide bonds. The highest BCUT2D eigenvalue weighted by molar-refractivity contribution is 5.75. The van der Waals surface area contributed by atoms with Crippen molar-refractivity contribution in [2.75, 3.05) is 6.54 Å². The van der Waals surface area contributed by atoms with Crippen LogP contribution < -0.4 is 5.32 Å². The molecule has 2 aromatic rings. The summed E-state index contributed by atoms with van der Waals surface area (Å²) in [6.07, 6.45) is 8.33. The minimum Gasteiger partial charge on any atom is -0.481 e. The molecule has 29 heavy (non-hydrogen) atoms. The van der Waals surface area contributed by atoms with Crippen molar-refractivity contribution in [1.29, 1.82) is 0 Å². The normalized spacial score (nSPS) is 12.0. The molecule has 0 spiro atoms. The molecule has 1 aromatic heterocycles. The first-order valence-corrected chi connectivity index (χ1v) is 9.89. The summed E-state index contributed by atoms with van der Waals surface area (Å²) < 4.78 is 13.5. The number of carboxylic acids is 1. The van der Waals surface area contributed by atoms with E-state index in [1.54, 1.807) is 6.08 Å². The predicted molar refractivity (Wildman–Crippen MR) is 114 cm³/mol. The van der Waals surface area contributed by atoms with Crippen molar-refractivity contribution in [2.24, 2.45) is 0 Å². The van der Waals surface area contributed by atoms with Crippen molar-refractivity contribution in [1.82, 2.24) is 15.3 Å². The second-order valence-electron chi connectivity index (χ2n) is 6.71. The van der Waals surface area contributed by atoms with Gasteiger partial charge in [-0.3, -0.25) is 4.79 Å². The number of aryl methyl sites for hydroxylation is 1. The number of halogens is 1. The highest BCUT2D eigenvalue weighted by atomic mass is 19.1. The lowest BCUT2D eigenvalue weighted by Crippen LogP contribution is -2.11. The topological polar surface area (TPSA) is 75.1 Å². The summed E-state index contributed by atoms with van der Waals surface area (Å²) in [5, 5.41) is 12.1. The van der Waals surface area contributed by atoms with E-state index in [0.29, 0.717) is 25.7 Å². The molecule has 154 valence electrons. The fourth-order valence-electron chi connectivity index (χ4n) is 2.94. The summed E-state index contributed by atoms with van der Waals surface area (Å²) in [7, 11) is 0. The van der Waals surface area contributed by atoms with Gasteiger partial charge in [0, 0.05) is 19.4 Å². The quantitative estimate of drug-likeness (QED) is 0.402. The zero-order chi connectivity index (χ0) is 21.1. The maximum atomic E-state index is 13.5. The summed E-state index contributed by atoms with van der Waals surface area (Å²) >= 11 is 0. The van der Waals surface area contributed by atoms with E-state index in [1.165, 1.54) is 18.2 Å². The number of nitrogens with zero attached hydrogens (tertiary/aromatic N) is 2. The van der Waals surface area contributed by atoms with Gasteiger partial charge in [0.05, 0.1) is 22.4 Å². The van der Waals surface area contributed by atoms with Gasteiger partial charge < -0.3 is 10.4 Å². The first-order valence-electron chi connectivity index (χ1n) is 9.89. The monoisotopic (exact) mass is 397 g/mol. The van der Waals surface area contributed by atoms with E-state index in [0.717, 1.165) is 41.1 Å². The summed E-state index contributed by atoms with van der Waals surface area (Å²) in [4.78, 5) is 20.3. The van der Waals surface area contributed by atoms with Crippen LogP contribution in [-0.2, 0) is 24.2 Å². The summed E-state index contributed by atoms with van der Waals surface area (Å²) in [5.41, 5.74) is 4.37. The third-order valence-electron chi connectivity index (χ3n) is 4.38. The van der Waals surface area contributed by atoms with Gasteiger partial charge in [-0.1, -0.05) is 31.7 Å². The standard InChI is InChI=1S/C23H28FN3O2/c1-3-8-18(24)9-7-11-20-19(10-5-6-12-23(28)29)27-22-15-17(16-25-4-2)13-14-21(22)26-20/h3,7-9,13-15,25H,1,4-6,10-12,16H2,2H3,(H,28,29)/b9-7-,18-8+. The van der Waals surface area contributed by atoms with E-state index in [4.69, 9.17) is 15.1 Å². The summed E-state index contributed by atoms with van der Waals surface area (Å²) in [6.45, 7) is 7.19. The number of carboxylic acid groups (broad SMARTS) is 1. The van der Waals surface area contributed by atoms with Gasteiger partial charge in [0.15, 0.2) is 0 Å². The minimum atomic E-state index is -0.796. The largest absolute Gasteiger partial charge is 0.481 e. The maximum Gasteiger partial charge on any atom is 0.303 e. The molecule has 2 rings (SSSR count). The average molecular weight is 397 g/mol. The van der Waals surface area contributed by atoms with E-state index in [-0.39, 0.29) is 12.2 Å². The van der Waals surface area contributed by atoms with Gasteiger partial charge in [-0.05, 0) is 55.7 Å². The van der Waals surface area contributed by atoms with Crippen LogP contribution in [0.15, 0.2) is 54.9 Å². The van der Waals surface area contributed by atoms with Crippen LogP contribution in [0.4, 0.5) is 4.39 Å². The molecule has 0 saturated carbocycles. The van der Waals surface area contributed by atoms with Crippen LogP contribution in [0.3, 0.4) is 0 Å². The molecule has 0 atom stereocenters. The van der Waals surface area contributed by atoms with Gasteiger partial charge in [0.2, 0.25) is 0 Å². The van der Waals surface area contributed by atoms with Gasteiger partial charge in [0.25, 0.3) is 0 Å². The fourth-order valence-corrected chi connectivity index (χ4v) is 2.94. The van der Waals surface area contributed by atoms with Gasteiger partial charge in [-0.15, -0.1) is 0 Å². The highest BCUT2D eigenvalue weighted by Gasteiger charge is 2.09. The molecule has 2 N–H and O–H groups in total. The molecule has 0 aliphatic rings. The van der Waals surface area contributed by atoms with Crippen LogP contribution in [0, 0.1) is 0 Å². The summed E-state index contributed by atoms with van der Waals surface area (Å²) in [5.74, 6) is -1.17. The number of nitrogens with one attached hydrogen (secondary N) is 1. The second-order valence-corrected chi connectivity index (χ2v) is 6.71. The Bertz CT molecular complexity index is 906. The second kappa shape index (κ2) is 11.9. The highest BCUT2D eigenvalue weighted by Crippen LogP contribution is 2.18. The third-order valence-corrected chi connectivity index (χ3v) is 4.38. The van der Waals surface area contributed by atoms with Gasteiger partial charge in [-0.2, -0.15) is 0 Å². The third kappa shape index (κ3) is 7.58.